The molecule has 0 aromatic carbocycles. The Balaban J connectivity index is 0. The van der Waals surface area contributed by atoms with Gasteiger partial charge in [-0.05, 0) is 5.97 Å². The van der Waals surface area contributed by atoms with Gasteiger partial charge < -0.3 is 9.90 Å². The number of carboxylic acids is 1. The summed E-state index contributed by atoms with van der Waals surface area (Å²) >= 11 is 1.22. The number of hydrogen-bond donors (Lipinski definition) is 0. The van der Waals surface area contributed by atoms with Gasteiger partial charge in [-0.25, -0.2) is 0 Å². The van der Waals surface area contributed by atoms with Crippen molar-refractivity contribution in [3.8, 4) is 0 Å². The minimum absolute atomic E-state index is 0. The summed E-state index contributed by atoms with van der Waals surface area (Å²) in [5.74, 6) is -1.16. The molecule has 1 aromatic rings. The average Bonchev–Trinajstić information content (AvgIpc) is 2.12. The molecule has 0 atom stereocenters. The van der Waals surface area contributed by atoms with Crippen molar-refractivity contribution in [3.05, 3.63) is 22.4 Å². The third kappa shape index (κ3) is 3.51. The van der Waals surface area contributed by atoms with Crippen LogP contribution in [0.15, 0.2) is 11.4 Å². The number of rotatable bonds is 1. The van der Waals surface area contributed by atoms with Gasteiger partial charge in [-0.2, -0.15) is 6.07 Å². The van der Waals surface area contributed by atoms with Crippen molar-refractivity contribution in [3.63, 3.8) is 0 Å². The zero-order valence-corrected chi connectivity index (χ0v) is 6.70. The van der Waals surface area contributed by atoms with Gasteiger partial charge in [0.05, 0.1) is 0 Å². The molecule has 0 spiro atoms. The minimum atomic E-state index is -1.16. The molecule has 1 aromatic heterocycles. The molecule has 2 nitrogen and oxygen atoms in total. The molecule has 5 heteroatoms. The van der Waals surface area contributed by atoms with E-state index >= 15 is 0 Å². The minimum Gasteiger partial charge on any atom is -0.603 e. The molecule has 1 heterocycles. The van der Waals surface area contributed by atoms with Crippen LogP contribution in [0.4, 0.5) is 0 Å². The summed E-state index contributed by atoms with van der Waals surface area (Å²) < 4.78 is 0. The Morgan fingerprint density at radius 2 is 2.20 bits per heavy atom. The summed E-state index contributed by atoms with van der Waals surface area (Å²) in [6.45, 7) is 0. The summed E-state index contributed by atoms with van der Waals surface area (Å²) in [6, 6.07) is 1.46. The fourth-order valence-corrected chi connectivity index (χ4v) is 0.894. The van der Waals surface area contributed by atoms with Crippen LogP contribution in [-0.4, -0.2) is 5.97 Å². The second-order valence-electron chi connectivity index (χ2n) is 1.22. The average molecular weight is 140 g/mol. The molecule has 0 radical (unpaired) electrons. The van der Waals surface area contributed by atoms with E-state index in [9.17, 15) is 9.90 Å². The number of carboxylic acid groups (broad SMARTS) is 1. The Labute approximate surface area is 87.0 Å². The molecule has 0 N–H and O–H groups in total. The molecule has 0 aliphatic carbocycles. The monoisotopic (exact) mass is 140 g/mol. The normalized spacial score (nSPS) is 7.20. The van der Waals surface area contributed by atoms with Gasteiger partial charge in [0.2, 0.25) is 0 Å². The van der Waals surface area contributed by atoms with Gasteiger partial charge in [-0.3, -0.25) is 11.3 Å². The van der Waals surface area contributed by atoms with Gasteiger partial charge in [0.15, 0.2) is 0 Å². The van der Waals surface area contributed by atoms with Crippen LogP contribution < -0.4 is 42.8 Å². The molecule has 0 unspecified atom stereocenters. The molecule has 0 saturated heterocycles. The predicted molar refractivity (Wildman–Crippen MR) is 27.5 cm³/mol. The first-order valence-electron chi connectivity index (χ1n) is 1.97. The molecule has 10 heavy (non-hydrogen) atoms. The van der Waals surface area contributed by atoms with E-state index in [1.807, 2.05) is 0 Å². The van der Waals surface area contributed by atoms with Crippen molar-refractivity contribution >= 4 is 17.3 Å². The van der Waals surface area contributed by atoms with E-state index in [0.29, 0.717) is 0 Å². The zero-order chi connectivity index (χ0) is 5.98. The number of thiophene rings is 1. The van der Waals surface area contributed by atoms with Crippen molar-refractivity contribution in [1.29, 1.82) is 0 Å². The van der Waals surface area contributed by atoms with E-state index < -0.39 is 5.97 Å². The molecular weight excluding hydrogens is 138 g/mol. The third-order valence-electron chi connectivity index (χ3n) is 0.692. The number of carbonyl (C=O) groups excluding carboxylic acids is 1. The van der Waals surface area contributed by atoms with Crippen LogP contribution >= 0.6 is 11.3 Å². The SMILES string of the molecule is O=C([O-])c1[c-]scc1.[Li+].[Li+]. The second kappa shape index (κ2) is 6.10. The zero-order valence-electron chi connectivity index (χ0n) is 5.88. The summed E-state index contributed by atoms with van der Waals surface area (Å²) in [5, 5.41) is 14.1. The van der Waals surface area contributed by atoms with Gasteiger partial charge in [0.1, 0.15) is 0 Å². The summed E-state index contributed by atoms with van der Waals surface area (Å²) in [7, 11) is 0. The van der Waals surface area contributed by atoms with Crippen LogP contribution in [0.1, 0.15) is 10.4 Å². The van der Waals surface area contributed by atoms with Crippen LogP contribution in [-0.2, 0) is 0 Å². The fourth-order valence-electron chi connectivity index (χ4n) is 0.343. The fraction of sp³-hybridized carbons (Fsp3) is 0. The van der Waals surface area contributed by atoms with Gasteiger partial charge in [0.25, 0.3) is 0 Å². The molecule has 0 aliphatic heterocycles. The maximum atomic E-state index is 9.93. The molecule has 0 aliphatic rings. The standard InChI is InChI=1S/C5H3O2S.2Li/c6-5(7)4-1-2-8-3-4;;/h1-2H,(H,6,7);;/q-1;2*+1/p-1. The largest absolute Gasteiger partial charge is 1.00 e. The first-order valence-corrected chi connectivity index (χ1v) is 2.85. The molecule has 0 saturated carbocycles. The Hall–Kier alpha value is 0.365. The van der Waals surface area contributed by atoms with Crippen molar-refractivity contribution < 1.29 is 47.6 Å². The summed E-state index contributed by atoms with van der Waals surface area (Å²) in [5.41, 5.74) is 0.134. The van der Waals surface area contributed by atoms with Crippen LogP contribution in [0, 0.1) is 5.38 Å². The van der Waals surface area contributed by atoms with Crippen molar-refractivity contribution in [2.45, 2.75) is 0 Å². The third-order valence-corrected chi connectivity index (χ3v) is 1.30. The quantitative estimate of drug-likeness (QED) is 0.287. The summed E-state index contributed by atoms with van der Waals surface area (Å²) in [4.78, 5) is 9.93. The van der Waals surface area contributed by atoms with Crippen LogP contribution in [0.2, 0.25) is 0 Å². The molecule has 42 valence electrons. The van der Waals surface area contributed by atoms with Crippen molar-refractivity contribution in [1.82, 2.24) is 0 Å². The molecule has 0 amide bonds. The molecule has 0 bridgehead atoms. The molecule has 1 rings (SSSR count). The Bertz CT molecular complexity index is 186. The van der Waals surface area contributed by atoms with Crippen LogP contribution in [0.3, 0.4) is 0 Å². The Morgan fingerprint density at radius 1 is 1.60 bits per heavy atom. The smallest absolute Gasteiger partial charge is 0.603 e. The van der Waals surface area contributed by atoms with E-state index in [1.165, 1.54) is 17.4 Å². The summed E-state index contributed by atoms with van der Waals surface area (Å²) in [6.07, 6.45) is 0. The van der Waals surface area contributed by atoms with Crippen LogP contribution in [0.25, 0.3) is 0 Å². The maximum absolute atomic E-state index is 9.93. The molecule has 0 fully saturated rings. The number of hydrogen-bond acceptors (Lipinski definition) is 3. The predicted octanol–water partition coefficient (Wildman–Crippen LogP) is -6.08. The Morgan fingerprint density at radius 3 is 2.40 bits per heavy atom. The maximum Gasteiger partial charge on any atom is 1.00 e. The van der Waals surface area contributed by atoms with Crippen molar-refractivity contribution in [2.24, 2.45) is 0 Å². The second-order valence-corrected chi connectivity index (χ2v) is 1.94. The van der Waals surface area contributed by atoms with Crippen LogP contribution in [0.5, 0.6) is 0 Å². The van der Waals surface area contributed by atoms with E-state index in [0.717, 1.165) is 0 Å². The van der Waals surface area contributed by atoms with Gasteiger partial charge in [0, 0.05) is 0 Å². The first kappa shape index (κ1) is 13.0. The topological polar surface area (TPSA) is 40.1 Å². The van der Waals surface area contributed by atoms with E-state index in [4.69, 9.17) is 0 Å². The number of aromatic carboxylic acids is 1. The first-order chi connectivity index (χ1) is 3.80. The van der Waals surface area contributed by atoms with E-state index in [1.54, 1.807) is 5.38 Å². The van der Waals surface area contributed by atoms with Gasteiger partial charge in [-0.1, -0.05) is 5.38 Å². The van der Waals surface area contributed by atoms with E-state index in [2.05, 4.69) is 5.38 Å². The van der Waals surface area contributed by atoms with E-state index in [-0.39, 0.29) is 43.3 Å². The molecular formula is C5H2Li2O2S. The Kier molecular flexibility index (Phi) is 7.92. The number of carbonyl (C=O) groups is 1. The van der Waals surface area contributed by atoms with Gasteiger partial charge in [-0.15, -0.1) is 10.9 Å². The van der Waals surface area contributed by atoms with Gasteiger partial charge >= 0.3 is 37.7 Å². The van der Waals surface area contributed by atoms with Crippen molar-refractivity contribution in [2.75, 3.05) is 0 Å².